The molecule has 0 N–H and O–H groups in total. The molecule has 2 heterocycles. The highest BCUT2D eigenvalue weighted by Crippen LogP contribution is 2.41. The molecule has 0 spiro atoms. The van der Waals surface area contributed by atoms with Gasteiger partial charge in [-0.1, -0.05) is 0 Å². The number of carbonyl (C=O) groups is 1. The van der Waals surface area contributed by atoms with E-state index >= 15 is 0 Å². The van der Waals surface area contributed by atoms with Crippen LogP contribution in [-0.2, 0) is 26.0 Å². The normalized spacial score (nSPS) is 26.7. The molecule has 2 aromatic rings. The minimum absolute atomic E-state index is 0.0601. The summed E-state index contributed by atoms with van der Waals surface area (Å²) in [5.41, 5.74) is 0.457. The molecule has 2 aliphatic rings. The van der Waals surface area contributed by atoms with E-state index in [1.165, 1.54) is 13.0 Å². The van der Waals surface area contributed by atoms with Gasteiger partial charge in [-0.2, -0.15) is 4.31 Å². The first-order chi connectivity index (χ1) is 17.3. The van der Waals surface area contributed by atoms with Crippen molar-refractivity contribution >= 4 is 15.8 Å². The molecule has 0 radical (unpaired) electrons. The van der Waals surface area contributed by atoms with Crippen molar-refractivity contribution in [2.45, 2.75) is 80.6 Å². The molecule has 37 heavy (non-hydrogen) atoms. The van der Waals surface area contributed by atoms with Gasteiger partial charge in [0.25, 0.3) is 0 Å². The highest BCUT2D eigenvalue weighted by atomic mass is 32.2. The van der Waals surface area contributed by atoms with E-state index in [0.29, 0.717) is 5.69 Å². The fraction of sp³-hybridized carbons (Fsp3) is 0.500. The van der Waals surface area contributed by atoms with Gasteiger partial charge in [0.2, 0.25) is 10.0 Å². The first-order valence-corrected chi connectivity index (χ1v) is 13.0. The fourth-order valence-electron chi connectivity index (χ4n) is 4.78. The summed E-state index contributed by atoms with van der Waals surface area (Å²) < 4.78 is 110. The monoisotopic (exact) mass is 550 g/mol. The number of sulfonamides is 1. The smallest absolute Gasteiger partial charge is 0.298 e. The summed E-state index contributed by atoms with van der Waals surface area (Å²) in [7, 11) is -4.33. The molecule has 1 saturated heterocycles. The molecule has 1 aromatic carbocycles. The van der Waals surface area contributed by atoms with Crippen LogP contribution < -0.4 is 0 Å². The summed E-state index contributed by atoms with van der Waals surface area (Å²) in [5, 5.41) is 0. The highest BCUT2D eigenvalue weighted by molar-refractivity contribution is 7.89. The number of hydrogen-bond donors (Lipinski definition) is 0. The van der Waals surface area contributed by atoms with E-state index in [1.54, 1.807) is 0 Å². The molecule has 1 saturated carbocycles. The lowest BCUT2D eigenvalue weighted by atomic mass is 9.79. The second kappa shape index (κ2) is 10.3. The van der Waals surface area contributed by atoms with Crippen LogP contribution in [0.1, 0.15) is 49.8 Å². The number of alkyl halides is 4. The van der Waals surface area contributed by atoms with Crippen molar-refractivity contribution < 1.29 is 44.3 Å². The van der Waals surface area contributed by atoms with Gasteiger partial charge < -0.3 is 0 Å². The highest BCUT2D eigenvalue weighted by Gasteiger charge is 2.48. The summed E-state index contributed by atoms with van der Waals surface area (Å²) >= 11 is 0. The summed E-state index contributed by atoms with van der Waals surface area (Å²) in [5.74, 6) is -2.36. The molecule has 2 fully saturated rings. The molecule has 0 unspecified atom stereocenters. The predicted octanol–water partition coefficient (Wildman–Crippen LogP) is 4.83. The van der Waals surface area contributed by atoms with E-state index in [9.17, 15) is 39.6 Å². The van der Waals surface area contributed by atoms with Crippen LogP contribution >= 0.6 is 0 Å². The Morgan fingerprint density at radius 1 is 1.14 bits per heavy atom. The van der Waals surface area contributed by atoms with E-state index in [2.05, 4.69) is 9.72 Å². The Bertz CT molecular complexity index is 1250. The Balaban J connectivity index is 1.45. The number of aromatic nitrogens is 1. The van der Waals surface area contributed by atoms with Gasteiger partial charge in [0.05, 0.1) is 29.3 Å². The lowest BCUT2D eigenvalue weighted by Crippen LogP contribution is -2.44. The van der Waals surface area contributed by atoms with Gasteiger partial charge in [0, 0.05) is 24.5 Å². The third-order valence-electron chi connectivity index (χ3n) is 6.85. The predicted molar refractivity (Wildman–Crippen MR) is 119 cm³/mol. The molecule has 6 nitrogen and oxygen atoms in total. The van der Waals surface area contributed by atoms with Gasteiger partial charge >= 0.3 is 6.36 Å². The Kier molecular flexibility index (Phi) is 7.69. The number of rotatable bonds is 8. The van der Waals surface area contributed by atoms with Crippen LogP contribution in [0.25, 0.3) is 0 Å². The van der Waals surface area contributed by atoms with Crippen molar-refractivity contribution in [1.29, 1.82) is 0 Å². The van der Waals surface area contributed by atoms with Crippen LogP contribution in [-0.4, -0.2) is 54.2 Å². The Labute approximate surface area is 209 Å². The number of benzene rings is 1. The van der Waals surface area contributed by atoms with Gasteiger partial charge in [-0.15, -0.1) is 13.2 Å². The third kappa shape index (κ3) is 5.99. The first kappa shape index (κ1) is 27.5. The minimum Gasteiger partial charge on any atom is -0.298 e. The van der Waals surface area contributed by atoms with Crippen LogP contribution in [0.3, 0.4) is 0 Å². The lowest BCUT2D eigenvalue weighted by Gasteiger charge is -2.35. The zero-order chi connectivity index (χ0) is 27.1. The van der Waals surface area contributed by atoms with Gasteiger partial charge in [0.15, 0.2) is 5.78 Å². The zero-order valence-electron chi connectivity index (χ0n) is 19.6. The quantitative estimate of drug-likeness (QED) is 0.440. The fourth-order valence-corrected chi connectivity index (χ4v) is 6.61. The maximum atomic E-state index is 14.6. The van der Waals surface area contributed by atoms with Crippen LogP contribution in [0.2, 0.25) is 0 Å². The van der Waals surface area contributed by atoms with Gasteiger partial charge in [0.1, 0.15) is 17.8 Å². The summed E-state index contributed by atoms with van der Waals surface area (Å²) in [4.78, 5) is 16.7. The number of pyridine rings is 1. The number of Topliss-reactive ketones (excluding diaryl/α,β-unsaturated/α-hetero) is 1. The SMILES string of the molecule is C[C@H]1[C@H](F)C[C@@H](C(=O)CCc2cc(C3CC(OC(F)(F)F)C3)ncc2F)N1S(=O)(=O)c1ccc(F)cc1. The van der Waals surface area contributed by atoms with E-state index < -0.39 is 58.2 Å². The topological polar surface area (TPSA) is 76.6 Å². The number of ether oxygens (including phenoxy) is 1. The molecule has 1 aliphatic carbocycles. The molecule has 0 amide bonds. The van der Waals surface area contributed by atoms with E-state index in [1.807, 2.05) is 0 Å². The summed E-state index contributed by atoms with van der Waals surface area (Å²) in [6, 6.07) is 2.86. The Morgan fingerprint density at radius 3 is 2.41 bits per heavy atom. The summed E-state index contributed by atoms with van der Waals surface area (Å²) in [6.07, 6.45) is -7.12. The molecule has 3 atom stereocenters. The Morgan fingerprint density at radius 2 is 1.78 bits per heavy atom. The Hall–Kier alpha value is -2.51. The van der Waals surface area contributed by atoms with Crippen molar-refractivity contribution in [2.75, 3.05) is 0 Å². The number of aryl methyl sites for hydroxylation is 1. The van der Waals surface area contributed by atoms with Crippen molar-refractivity contribution in [1.82, 2.24) is 9.29 Å². The molecular formula is C24H24F6N2O4S. The van der Waals surface area contributed by atoms with Crippen LogP contribution in [0.4, 0.5) is 26.3 Å². The lowest BCUT2D eigenvalue weighted by molar-refractivity contribution is -0.351. The van der Waals surface area contributed by atoms with Crippen LogP contribution in [0.5, 0.6) is 0 Å². The zero-order valence-corrected chi connectivity index (χ0v) is 20.4. The van der Waals surface area contributed by atoms with Crippen LogP contribution in [0, 0.1) is 11.6 Å². The molecule has 4 rings (SSSR count). The second-order valence-electron chi connectivity index (χ2n) is 9.32. The van der Waals surface area contributed by atoms with Crippen LogP contribution in [0.15, 0.2) is 41.4 Å². The molecular weight excluding hydrogens is 526 g/mol. The molecule has 1 aliphatic heterocycles. The average Bonchev–Trinajstić information content (AvgIpc) is 3.10. The summed E-state index contributed by atoms with van der Waals surface area (Å²) in [6.45, 7) is 1.34. The molecule has 202 valence electrons. The van der Waals surface area contributed by atoms with E-state index in [-0.39, 0.29) is 48.5 Å². The first-order valence-electron chi connectivity index (χ1n) is 11.6. The molecule has 1 aromatic heterocycles. The van der Waals surface area contributed by atoms with Gasteiger partial charge in [-0.05, 0) is 62.1 Å². The number of nitrogens with zero attached hydrogens (tertiary/aromatic N) is 2. The number of carbonyl (C=O) groups excluding carboxylic acids is 1. The van der Waals surface area contributed by atoms with Crippen molar-refractivity contribution in [2.24, 2.45) is 0 Å². The van der Waals surface area contributed by atoms with Crippen molar-refractivity contribution in [3.05, 3.63) is 59.4 Å². The number of halogens is 6. The minimum atomic E-state index is -4.74. The number of hydrogen-bond acceptors (Lipinski definition) is 5. The average molecular weight is 551 g/mol. The maximum absolute atomic E-state index is 14.6. The second-order valence-corrected chi connectivity index (χ2v) is 11.2. The molecule has 13 heteroatoms. The van der Waals surface area contributed by atoms with E-state index in [0.717, 1.165) is 34.8 Å². The maximum Gasteiger partial charge on any atom is 0.522 e. The van der Waals surface area contributed by atoms with Crippen molar-refractivity contribution in [3.8, 4) is 0 Å². The standard InChI is InChI=1S/C24H24F6N2O4S/c1-13-19(26)11-22(32(13)37(34,35)18-5-3-16(25)4-6-18)23(33)7-2-14-10-21(31-12-20(14)27)15-8-17(9-15)36-24(28,29)30/h3-6,10,12-13,15,17,19,22H,2,7-9,11H2,1H3/t13-,15?,17?,19+,22-/m0/s1. The van der Waals surface area contributed by atoms with E-state index in [4.69, 9.17) is 0 Å². The van der Waals surface area contributed by atoms with Crippen molar-refractivity contribution in [3.63, 3.8) is 0 Å². The third-order valence-corrected chi connectivity index (χ3v) is 8.86. The number of ketones is 1. The van der Waals surface area contributed by atoms with Gasteiger partial charge in [-0.25, -0.2) is 21.6 Å². The van der Waals surface area contributed by atoms with Gasteiger partial charge in [-0.3, -0.25) is 14.5 Å². The molecule has 0 bridgehead atoms. The largest absolute Gasteiger partial charge is 0.522 e.